The summed E-state index contributed by atoms with van der Waals surface area (Å²) >= 11 is 11.4. The maximum atomic E-state index is 11.9. The summed E-state index contributed by atoms with van der Waals surface area (Å²) in [5.74, 6) is 0. The van der Waals surface area contributed by atoms with Crippen molar-refractivity contribution in [1.29, 1.82) is 0 Å². The van der Waals surface area contributed by atoms with Crippen molar-refractivity contribution in [2.24, 2.45) is 0 Å². The van der Waals surface area contributed by atoms with Gasteiger partial charge in [0.2, 0.25) is 0 Å². The summed E-state index contributed by atoms with van der Waals surface area (Å²) in [6.45, 7) is 0. The fraction of sp³-hybridized carbons (Fsp3) is 0. The Hall–Kier alpha value is -1.11. The molecule has 0 aliphatic rings. The van der Waals surface area contributed by atoms with E-state index in [1.807, 2.05) is 0 Å². The van der Waals surface area contributed by atoms with Crippen LogP contribution in [0.25, 0.3) is 0 Å². The van der Waals surface area contributed by atoms with Crippen molar-refractivity contribution in [1.82, 2.24) is 14.2 Å². The van der Waals surface area contributed by atoms with Crippen LogP contribution in [0.5, 0.6) is 0 Å². The zero-order valence-corrected chi connectivity index (χ0v) is 10.0. The molecule has 0 amide bonds. The molecule has 1 heterocycles. The molecular formula is C8H5Cl2N3O2S. The lowest BCUT2D eigenvalue weighted by molar-refractivity contribution is 0.580. The second-order valence-corrected chi connectivity index (χ2v) is 5.46. The predicted octanol–water partition coefficient (Wildman–Crippen LogP) is 1.82. The molecular weight excluding hydrogens is 273 g/mol. The number of hydrogen-bond donors (Lipinski definition) is 0. The monoisotopic (exact) mass is 277 g/mol. The van der Waals surface area contributed by atoms with Crippen molar-refractivity contribution >= 4 is 33.2 Å². The first kappa shape index (κ1) is 11.4. The average molecular weight is 278 g/mol. The summed E-state index contributed by atoms with van der Waals surface area (Å²) < 4.78 is 24.6. The van der Waals surface area contributed by atoms with E-state index in [9.17, 15) is 8.42 Å². The normalized spacial score (nSPS) is 11.6. The summed E-state index contributed by atoms with van der Waals surface area (Å²) in [4.78, 5) is 3.57. The number of hydrogen-bond acceptors (Lipinski definition) is 4. The van der Waals surface area contributed by atoms with Gasteiger partial charge in [-0.1, -0.05) is 23.2 Å². The minimum absolute atomic E-state index is 0.00685. The van der Waals surface area contributed by atoms with Crippen molar-refractivity contribution in [3.8, 4) is 0 Å². The molecule has 84 valence electrons. The Balaban J connectivity index is 2.57. The molecule has 0 saturated heterocycles. The smallest absolute Gasteiger partial charge is 0.222 e. The standard InChI is InChI=1S/C8H5Cl2N3O2S/c9-7-2-1-6(3-8(7)10)16(14,15)13-5-11-4-12-13/h1-5H. The molecule has 16 heavy (non-hydrogen) atoms. The number of rotatable bonds is 2. The summed E-state index contributed by atoms with van der Waals surface area (Å²) in [5, 5.41) is 4.02. The van der Waals surface area contributed by atoms with E-state index < -0.39 is 10.0 Å². The van der Waals surface area contributed by atoms with Gasteiger partial charge in [-0.15, -0.1) is 9.19 Å². The molecule has 0 fully saturated rings. The Bertz CT molecular complexity index is 610. The van der Waals surface area contributed by atoms with Crippen molar-refractivity contribution in [2.75, 3.05) is 0 Å². The third-order valence-electron chi connectivity index (χ3n) is 1.83. The van der Waals surface area contributed by atoms with Gasteiger partial charge in [-0.2, -0.15) is 8.42 Å². The molecule has 1 aromatic heterocycles. The van der Waals surface area contributed by atoms with Gasteiger partial charge in [0.05, 0.1) is 14.9 Å². The van der Waals surface area contributed by atoms with Gasteiger partial charge in [-0.3, -0.25) is 0 Å². The fourth-order valence-corrected chi connectivity index (χ4v) is 2.50. The van der Waals surface area contributed by atoms with E-state index >= 15 is 0 Å². The van der Waals surface area contributed by atoms with Gasteiger partial charge in [-0.25, -0.2) is 4.98 Å². The Morgan fingerprint density at radius 3 is 2.50 bits per heavy atom. The van der Waals surface area contributed by atoms with Crippen LogP contribution in [0, 0.1) is 0 Å². The van der Waals surface area contributed by atoms with Crippen molar-refractivity contribution < 1.29 is 8.42 Å². The van der Waals surface area contributed by atoms with Crippen LogP contribution in [0.2, 0.25) is 10.0 Å². The van der Waals surface area contributed by atoms with E-state index in [1.54, 1.807) is 0 Å². The van der Waals surface area contributed by atoms with Gasteiger partial charge in [0.15, 0.2) is 0 Å². The van der Waals surface area contributed by atoms with Gasteiger partial charge >= 0.3 is 0 Å². The lowest BCUT2D eigenvalue weighted by Crippen LogP contribution is -2.13. The third kappa shape index (κ3) is 1.91. The molecule has 0 atom stereocenters. The number of benzene rings is 1. The van der Waals surface area contributed by atoms with E-state index in [2.05, 4.69) is 10.1 Å². The molecule has 0 aliphatic heterocycles. The maximum Gasteiger partial charge on any atom is 0.284 e. The minimum atomic E-state index is -3.73. The Kier molecular flexibility index (Phi) is 2.88. The van der Waals surface area contributed by atoms with Crippen LogP contribution in [-0.4, -0.2) is 22.6 Å². The van der Waals surface area contributed by atoms with Crippen molar-refractivity contribution in [3.63, 3.8) is 0 Å². The predicted molar refractivity (Wildman–Crippen MR) is 59.1 cm³/mol. The fourth-order valence-electron chi connectivity index (χ4n) is 1.07. The van der Waals surface area contributed by atoms with Gasteiger partial charge in [0.1, 0.15) is 12.7 Å². The van der Waals surface area contributed by atoms with Crippen molar-refractivity contribution in [3.05, 3.63) is 40.9 Å². The van der Waals surface area contributed by atoms with Crippen LogP contribution in [0.3, 0.4) is 0 Å². The molecule has 5 nitrogen and oxygen atoms in total. The molecule has 0 saturated carbocycles. The maximum absolute atomic E-state index is 11.9. The molecule has 1 aromatic carbocycles. The van der Waals surface area contributed by atoms with E-state index in [-0.39, 0.29) is 9.92 Å². The van der Waals surface area contributed by atoms with Crippen LogP contribution in [-0.2, 0) is 10.0 Å². The second-order valence-electron chi connectivity index (χ2n) is 2.85. The SMILES string of the molecule is O=S(=O)(c1ccc(Cl)c(Cl)c1)n1cncn1. The first-order valence-corrected chi connectivity index (χ1v) is 6.26. The van der Waals surface area contributed by atoms with Gasteiger partial charge in [-0.05, 0) is 18.2 Å². The van der Waals surface area contributed by atoms with E-state index in [0.717, 1.165) is 16.7 Å². The number of aromatic nitrogens is 3. The van der Waals surface area contributed by atoms with Crippen molar-refractivity contribution in [2.45, 2.75) is 4.90 Å². The largest absolute Gasteiger partial charge is 0.284 e. The number of nitrogens with zero attached hydrogens (tertiary/aromatic N) is 3. The first-order chi connectivity index (χ1) is 7.51. The zero-order valence-electron chi connectivity index (χ0n) is 7.71. The summed E-state index contributed by atoms with van der Waals surface area (Å²) in [5.41, 5.74) is 0. The molecule has 0 radical (unpaired) electrons. The second kappa shape index (κ2) is 4.04. The van der Waals surface area contributed by atoms with E-state index in [0.29, 0.717) is 5.02 Å². The molecule has 8 heteroatoms. The Labute approximate surface area is 102 Å². The first-order valence-electron chi connectivity index (χ1n) is 4.07. The topological polar surface area (TPSA) is 64.8 Å². The van der Waals surface area contributed by atoms with Crippen LogP contribution in [0.1, 0.15) is 0 Å². The lowest BCUT2D eigenvalue weighted by atomic mass is 10.4. The highest BCUT2D eigenvalue weighted by atomic mass is 35.5. The molecule has 0 spiro atoms. The quantitative estimate of drug-likeness (QED) is 0.840. The van der Waals surface area contributed by atoms with Crippen LogP contribution >= 0.6 is 23.2 Å². The van der Waals surface area contributed by atoms with Crippen LogP contribution in [0.15, 0.2) is 35.7 Å². The third-order valence-corrected chi connectivity index (χ3v) is 4.10. The summed E-state index contributed by atoms with van der Waals surface area (Å²) in [6, 6.07) is 4.03. The minimum Gasteiger partial charge on any atom is -0.222 e. The van der Waals surface area contributed by atoms with Crippen LogP contribution < -0.4 is 0 Å². The average Bonchev–Trinajstić information content (AvgIpc) is 2.75. The Morgan fingerprint density at radius 1 is 1.19 bits per heavy atom. The summed E-state index contributed by atoms with van der Waals surface area (Å²) in [7, 11) is -3.73. The molecule has 2 rings (SSSR count). The van der Waals surface area contributed by atoms with Crippen LogP contribution in [0.4, 0.5) is 0 Å². The molecule has 0 unspecified atom stereocenters. The zero-order chi connectivity index (χ0) is 11.8. The highest BCUT2D eigenvalue weighted by Crippen LogP contribution is 2.25. The molecule has 2 aromatic rings. The Morgan fingerprint density at radius 2 is 1.94 bits per heavy atom. The summed E-state index contributed by atoms with van der Waals surface area (Å²) in [6.07, 6.45) is 2.23. The molecule has 0 N–H and O–H groups in total. The van der Waals surface area contributed by atoms with Gasteiger partial charge in [0, 0.05) is 0 Å². The molecule has 0 bridgehead atoms. The van der Waals surface area contributed by atoms with Gasteiger partial charge < -0.3 is 0 Å². The van der Waals surface area contributed by atoms with E-state index in [4.69, 9.17) is 23.2 Å². The highest BCUT2D eigenvalue weighted by Gasteiger charge is 2.18. The number of halogens is 2. The lowest BCUT2D eigenvalue weighted by Gasteiger charge is -2.04. The van der Waals surface area contributed by atoms with E-state index in [1.165, 1.54) is 18.2 Å². The highest BCUT2D eigenvalue weighted by molar-refractivity contribution is 7.89. The van der Waals surface area contributed by atoms with Gasteiger partial charge in [0.25, 0.3) is 10.0 Å². The molecule has 0 aliphatic carbocycles.